The van der Waals surface area contributed by atoms with Crippen LogP contribution in [0.2, 0.25) is 0 Å². The number of amides is 3. The van der Waals surface area contributed by atoms with E-state index in [2.05, 4.69) is 5.32 Å². The second kappa shape index (κ2) is 10.6. The van der Waals surface area contributed by atoms with E-state index in [9.17, 15) is 19.5 Å². The van der Waals surface area contributed by atoms with Gasteiger partial charge in [-0.2, -0.15) is 0 Å². The van der Waals surface area contributed by atoms with E-state index in [-0.39, 0.29) is 49.0 Å². The number of nitrogens with zero attached hydrogens (tertiary/aromatic N) is 2. The van der Waals surface area contributed by atoms with Crippen molar-refractivity contribution >= 4 is 24.0 Å². The predicted molar refractivity (Wildman–Crippen MR) is 146 cm³/mol. The number of carbonyl (C=O) groups is 3. The quantitative estimate of drug-likeness (QED) is 0.406. The van der Waals surface area contributed by atoms with Crippen molar-refractivity contribution in [2.75, 3.05) is 18.4 Å². The number of likely N-dealkylation sites (tertiary alicyclic amines) is 1. The molecule has 3 aromatic rings. The Labute approximate surface area is 236 Å². The minimum Gasteiger partial charge on any atom is -0.508 e. The normalized spacial score (nSPS) is 15.5. The van der Waals surface area contributed by atoms with Crippen molar-refractivity contribution in [3.05, 3.63) is 89.2 Å². The average molecular weight is 564 g/mol. The van der Waals surface area contributed by atoms with E-state index in [1.807, 2.05) is 18.2 Å². The summed E-state index contributed by atoms with van der Waals surface area (Å²) in [6.07, 6.45) is -2.15. The van der Waals surface area contributed by atoms with Gasteiger partial charge in [0.05, 0.1) is 25.3 Å². The highest BCUT2D eigenvalue weighted by molar-refractivity contribution is 5.85. The lowest BCUT2D eigenvalue weighted by molar-refractivity contribution is -0.0688. The van der Waals surface area contributed by atoms with Crippen LogP contribution in [0.15, 0.2) is 66.7 Å². The van der Waals surface area contributed by atoms with Gasteiger partial charge < -0.3 is 24.2 Å². The van der Waals surface area contributed by atoms with Crippen LogP contribution in [0.25, 0.3) is 0 Å². The number of halogens is 1. The number of anilines is 1. The van der Waals surface area contributed by atoms with Gasteiger partial charge in [-0.25, -0.2) is 18.8 Å². The number of phenolic OH excluding ortho intramolecular Hbond substituents is 1. The van der Waals surface area contributed by atoms with Gasteiger partial charge in [0.15, 0.2) is 5.82 Å². The highest BCUT2D eigenvalue weighted by Gasteiger charge is 2.57. The second-order valence-electron chi connectivity index (χ2n) is 11.0. The Hall–Kier alpha value is -4.80. The molecular formula is C30H30FN3O7. The third-order valence-electron chi connectivity index (χ3n) is 6.81. The summed E-state index contributed by atoms with van der Waals surface area (Å²) in [4.78, 5) is 41.2. The molecule has 2 aliphatic rings. The number of fused-ring (bicyclic) bond motifs is 2. The summed E-state index contributed by atoms with van der Waals surface area (Å²) in [5.74, 6) is -0.675. The van der Waals surface area contributed by atoms with Gasteiger partial charge in [-0.15, -0.1) is 0 Å². The zero-order valence-corrected chi connectivity index (χ0v) is 22.8. The number of ether oxygens (including phenoxy) is 3. The maximum Gasteiger partial charge on any atom is 0.416 e. The lowest BCUT2D eigenvalue weighted by atomic mass is 9.79. The zero-order valence-electron chi connectivity index (χ0n) is 22.8. The van der Waals surface area contributed by atoms with Crippen molar-refractivity contribution < 1.29 is 38.1 Å². The van der Waals surface area contributed by atoms with Crippen molar-refractivity contribution in [3.8, 4) is 11.5 Å². The van der Waals surface area contributed by atoms with Crippen LogP contribution in [0.5, 0.6) is 11.5 Å². The van der Waals surface area contributed by atoms with Crippen LogP contribution >= 0.6 is 0 Å². The van der Waals surface area contributed by atoms with Gasteiger partial charge in [0, 0.05) is 17.2 Å². The second-order valence-corrected chi connectivity index (χ2v) is 11.0. The monoisotopic (exact) mass is 563 g/mol. The van der Waals surface area contributed by atoms with Crippen LogP contribution in [-0.4, -0.2) is 51.9 Å². The molecular weight excluding hydrogens is 533 g/mol. The first-order valence-corrected chi connectivity index (χ1v) is 13.0. The molecule has 0 aliphatic carbocycles. The third kappa shape index (κ3) is 5.74. The summed E-state index contributed by atoms with van der Waals surface area (Å²) in [7, 11) is 0. The maximum atomic E-state index is 15.6. The molecule has 1 spiro atoms. The van der Waals surface area contributed by atoms with Crippen LogP contribution < -0.4 is 10.1 Å². The number of hydrogen-bond donors (Lipinski definition) is 2. The molecule has 0 bridgehead atoms. The van der Waals surface area contributed by atoms with Crippen molar-refractivity contribution in [2.45, 2.75) is 45.1 Å². The molecule has 5 rings (SSSR count). The molecule has 3 aromatic carbocycles. The number of nitrogens with one attached hydrogen (secondary N) is 1. The molecule has 2 heterocycles. The minimum absolute atomic E-state index is 0.0131. The standard InChI is InChI=1S/C30H30FN3O7/c1-29(2,3)41-27(37)33-17-30(18-33)22-13-12-21(35)14-24(22)40-28(38)34(30)15-20-10-7-11-23(25(20)31)32-26(36)39-16-19-8-5-4-6-9-19/h4-14,35H,15-18H2,1-3H3,(H,32,36). The molecule has 1 fully saturated rings. The number of benzene rings is 3. The highest BCUT2D eigenvalue weighted by Crippen LogP contribution is 2.48. The molecule has 2 N–H and O–H groups in total. The van der Waals surface area contributed by atoms with Crippen molar-refractivity contribution in [3.63, 3.8) is 0 Å². The van der Waals surface area contributed by atoms with Crippen LogP contribution in [0, 0.1) is 5.82 Å². The van der Waals surface area contributed by atoms with E-state index < -0.39 is 35.2 Å². The molecule has 0 saturated carbocycles. The van der Waals surface area contributed by atoms with Crippen LogP contribution in [0.1, 0.15) is 37.5 Å². The molecule has 11 heteroatoms. The highest BCUT2D eigenvalue weighted by atomic mass is 19.1. The van der Waals surface area contributed by atoms with Gasteiger partial charge in [0.25, 0.3) is 0 Å². The van der Waals surface area contributed by atoms with Crippen molar-refractivity contribution in [1.82, 2.24) is 9.80 Å². The van der Waals surface area contributed by atoms with Crippen molar-refractivity contribution in [2.24, 2.45) is 0 Å². The summed E-state index contributed by atoms with van der Waals surface area (Å²) in [5, 5.41) is 12.4. The fourth-order valence-corrected chi connectivity index (χ4v) is 4.88. The number of phenols is 1. The Balaban J connectivity index is 1.37. The molecule has 10 nitrogen and oxygen atoms in total. The Morgan fingerprint density at radius 1 is 1.07 bits per heavy atom. The lowest BCUT2D eigenvalue weighted by Crippen LogP contribution is -2.71. The Kier molecular flexibility index (Phi) is 7.20. The summed E-state index contributed by atoms with van der Waals surface area (Å²) in [5.41, 5.74) is -0.434. The Bertz CT molecular complexity index is 1480. The summed E-state index contributed by atoms with van der Waals surface area (Å²) in [6.45, 7) is 5.19. The molecule has 0 atom stereocenters. The summed E-state index contributed by atoms with van der Waals surface area (Å²) < 4.78 is 31.8. The molecule has 0 radical (unpaired) electrons. The van der Waals surface area contributed by atoms with Crippen molar-refractivity contribution in [1.29, 1.82) is 0 Å². The Morgan fingerprint density at radius 2 is 1.80 bits per heavy atom. The largest absolute Gasteiger partial charge is 0.508 e. The molecule has 214 valence electrons. The first kappa shape index (κ1) is 27.8. The van der Waals surface area contributed by atoms with E-state index in [1.54, 1.807) is 45.0 Å². The van der Waals surface area contributed by atoms with Gasteiger partial charge in [-0.3, -0.25) is 10.2 Å². The maximum absolute atomic E-state index is 15.6. The molecule has 41 heavy (non-hydrogen) atoms. The zero-order chi connectivity index (χ0) is 29.4. The SMILES string of the molecule is CC(C)(C)OC(=O)N1CC2(C1)c1ccc(O)cc1OC(=O)N2Cc1cccc(NC(=O)OCc2ccccc2)c1F. The Morgan fingerprint density at radius 3 is 2.51 bits per heavy atom. The minimum atomic E-state index is -1.06. The predicted octanol–water partition coefficient (Wildman–Crippen LogP) is 5.74. The molecule has 0 unspecified atom stereocenters. The first-order valence-electron chi connectivity index (χ1n) is 13.0. The summed E-state index contributed by atoms with van der Waals surface area (Å²) >= 11 is 0. The topological polar surface area (TPSA) is 118 Å². The molecule has 3 amide bonds. The molecule has 2 aliphatic heterocycles. The van der Waals surface area contributed by atoms with Gasteiger partial charge >= 0.3 is 18.3 Å². The fourth-order valence-electron chi connectivity index (χ4n) is 4.88. The number of hydrogen-bond acceptors (Lipinski definition) is 7. The van der Waals surface area contributed by atoms with Gasteiger partial charge in [0.1, 0.15) is 29.2 Å². The van der Waals surface area contributed by atoms with Crippen LogP contribution in [0.4, 0.5) is 24.5 Å². The number of rotatable bonds is 5. The van der Waals surface area contributed by atoms with E-state index in [1.165, 1.54) is 34.1 Å². The van der Waals surface area contributed by atoms with Gasteiger partial charge in [-0.05, 0) is 44.5 Å². The van der Waals surface area contributed by atoms with E-state index in [0.717, 1.165) is 5.56 Å². The average Bonchev–Trinajstić information content (AvgIpc) is 2.88. The molecule has 0 aromatic heterocycles. The first-order chi connectivity index (χ1) is 19.4. The molecule has 1 saturated heterocycles. The third-order valence-corrected chi connectivity index (χ3v) is 6.81. The van der Waals surface area contributed by atoms with E-state index in [0.29, 0.717) is 5.56 Å². The summed E-state index contributed by atoms with van der Waals surface area (Å²) in [6, 6.07) is 17.9. The van der Waals surface area contributed by atoms with E-state index in [4.69, 9.17) is 14.2 Å². The van der Waals surface area contributed by atoms with Gasteiger partial charge in [-0.1, -0.05) is 42.5 Å². The number of aromatic hydroxyl groups is 1. The van der Waals surface area contributed by atoms with E-state index >= 15 is 4.39 Å². The van der Waals surface area contributed by atoms with Crippen LogP contribution in [0.3, 0.4) is 0 Å². The van der Waals surface area contributed by atoms with Gasteiger partial charge in [0.2, 0.25) is 0 Å². The number of carbonyl (C=O) groups excluding carboxylic acids is 3. The van der Waals surface area contributed by atoms with Crippen LogP contribution in [-0.2, 0) is 28.2 Å². The smallest absolute Gasteiger partial charge is 0.416 e. The fraction of sp³-hybridized carbons (Fsp3) is 0.300. The lowest BCUT2D eigenvalue weighted by Gasteiger charge is -2.56.